The molecule has 1 fully saturated rings. The zero-order valence-corrected chi connectivity index (χ0v) is 13.0. The molecule has 1 heterocycles. The number of piperidine rings is 1. The smallest absolute Gasteiger partial charge is 0.416 e. The van der Waals surface area contributed by atoms with Gasteiger partial charge in [-0.25, -0.2) is 9.69 Å². The predicted octanol–water partition coefficient (Wildman–Crippen LogP) is 3.61. The third-order valence-corrected chi connectivity index (χ3v) is 4.07. The molecule has 0 aromatic heterocycles. The van der Waals surface area contributed by atoms with E-state index in [1.807, 2.05) is 30.3 Å². The molecule has 1 saturated heterocycles. The Bertz CT molecular complexity index is 505. The number of rotatable bonds is 2. The second-order valence-corrected chi connectivity index (χ2v) is 6.64. The van der Waals surface area contributed by atoms with Crippen LogP contribution in [0.2, 0.25) is 0 Å². The molecule has 1 aliphatic heterocycles. The average molecular weight is 289 g/mol. The van der Waals surface area contributed by atoms with Crippen molar-refractivity contribution in [3.8, 4) is 0 Å². The first-order valence-corrected chi connectivity index (χ1v) is 7.39. The highest BCUT2D eigenvalue weighted by atomic mass is 16.6. The van der Waals surface area contributed by atoms with Gasteiger partial charge in [0.1, 0.15) is 6.61 Å². The van der Waals surface area contributed by atoms with Gasteiger partial charge in [0, 0.05) is 13.0 Å². The molecule has 1 atom stereocenters. The summed E-state index contributed by atoms with van der Waals surface area (Å²) in [6.45, 7) is 7.05. The fourth-order valence-electron chi connectivity index (χ4n) is 2.56. The SMILES string of the molecule is CC(C)(C)C1CCN(C(=O)OCc2ccccc2)C(=O)C1. The molecule has 114 valence electrons. The third-order valence-electron chi connectivity index (χ3n) is 4.07. The van der Waals surface area contributed by atoms with Crippen molar-refractivity contribution < 1.29 is 14.3 Å². The molecule has 0 N–H and O–H groups in total. The molecular weight excluding hydrogens is 266 g/mol. The molecule has 0 bridgehead atoms. The highest BCUT2D eigenvalue weighted by Gasteiger charge is 2.36. The first kappa shape index (κ1) is 15.5. The number of hydrogen-bond acceptors (Lipinski definition) is 3. The van der Waals surface area contributed by atoms with Gasteiger partial charge in [0.25, 0.3) is 0 Å². The number of ether oxygens (including phenoxy) is 1. The number of imide groups is 1. The van der Waals surface area contributed by atoms with Crippen LogP contribution in [-0.4, -0.2) is 23.4 Å². The standard InChI is InChI=1S/C17H23NO3/c1-17(2,3)14-9-10-18(15(19)11-14)16(20)21-12-13-7-5-4-6-8-13/h4-8,14H,9-12H2,1-3H3. The van der Waals surface area contributed by atoms with Crippen LogP contribution in [0.25, 0.3) is 0 Å². The molecule has 21 heavy (non-hydrogen) atoms. The van der Waals surface area contributed by atoms with Gasteiger partial charge in [0.2, 0.25) is 5.91 Å². The number of hydrogen-bond donors (Lipinski definition) is 0. The van der Waals surface area contributed by atoms with Crippen molar-refractivity contribution in [1.82, 2.24) is 4.90 Å². The van der Waals surface area contributed by atoms with Gasteiger partial charge < -0.3 is 4.74 Å². The molecule has 0 spiro atoms. The second-order valence-electron chi connectivity index (χ2n) is 6.64. The number of benzene rings is 1. The molecule has 1 unspecified atom stereocenters. The molecule has 1 aromatic rings. The summed E-state index contributed by atoms with van der Waals surface area (Å²) < 4.78 is 5.22. The lowest BCUT2D eigenvalue weighted by Crippen LogP contribution is -2.45. The summed E-state index contributed by atoms with van der Waals surface area (Å²) in [5.74, 6) is 0.197. The summed E-state index contributed by atoms with van der Waals surface area (Å²) in [7, 11) is 0. The van der Waals surface area contributed by atoms with E-state index in [4.69, 9.17) is 4.74 Å². The Kier molecular flexibility index (Phi) is 4.66. The molecule has 0 radical (unpaired) electrons. The van der Waals surface area contributed by atoms with Crippen molar-refractivity contribution in [2.45, 2.75) is 40.2 Å². The van der Waals surface area contributed by atoms with Crippen LogP contribution in [0.15, 0.2) is 30.3 Å². The average Bonchev–Trinajstić information content (AvgIpc) is 2.45. The normalized spacial score (nSPS) is 19.5. The van der Waals surface area contributed by atoms with E-state index in [1.165, 1.54) is 4.90 Å². The molecule has 1 aliphatic rings. The minimum absolute atomic E-state index is 0.0929. The van der Waals surface area contributed by atoms with E-state index in [2.05, 4.69) is 20.8 Å². The molecule has 4 heteroatoms. The van der Waals surface area contributed by atoms with Crippen LogP contribution in [0, 0.1) is 11.3 Å². The first-order chi connectivity index (χ1) is 9.88. The van der Waals surface area contributed by atoms with Gasteiger partial charge >= 0.3 is 6.09 Å². The Labute approximate surface area is 126 Å². The highest BCUT2D eigenvalue weighted by Crippen LogP contribution is 2.34. The van der Waals surface area contributed by atoms with E-state index in [0.29, 0.717) is 18.9 Å². The largest absolute Gasteiger partial charge is 0.444 e. The zero-order chi connectivity index (χ0) is 15.5. The lowest BCUT2D eigenvalue weighted by molar-refractivity contribution is -0.134. The summed E-state index contributed by atoms with van der Waals surface area (Å²) in [5.41, 5.74) is 1.01. The number of nitrogens with zero attached hydrogens (tertiary/aromatic N) is 1. The Morgan fingerprint density at radius 2 is 1.95 bits per heavy atom. The number of likely N-dealkylation sites (tertiary alicyclic amines) is 1. The predicted molar refractivity (Wildman–Crippen MR) is 80.5 cm³/mol. The maximum Gasteiger partial charge on any atom is 0.416 e. The molecule has 4 nitrogen and oxygen atoms in total. The second kappa shape index (κ2) is 6.29. The van der Waals surface area contributed by atoms with Crippen LogP contribution in [-0.2, 0) is 16.1 Å². The molecule has 2 amide bonds. The van der Waals surface area contributed by atoms with Crippen molar-refractivity contribution in [2.75, 3.05) is 6.54 Å². The fraction of sp³-hybridized carbons (Fsp3) is 0.529. The molecule has 2 rings (SSSR count). The molecule has 0 saturated carbocycles. The summed E-state index contributed by atoms with van der Waals surface area (Å²) >= 11 is 0. The number of carbonyl (C=O) groups excluding carboxylic acids is 2. The van der Waals surface area contributed by atoms with Crippen LogP contribution in [0.3, 0.4) is 0 Å². The van der Waals surface area contributed by atoms with E-state index < -0.39 is 6.09 Å². The Hall–Kier alpha value is -1.84. The van der Waals surface area contributed by atoms with E-state index in [-0.39, 0.29) is 17.9 Å². The lowest BCUT2D eigenvalue weighted by atomic mass is 9.75. The molecular formula is C17H23NO3. The maximum absolute atomic E-state index is 12.1. The quantitative estimate of drug-likeness (QED) is 0.835. The van der Waals surface area contributed by atoms with Gasteiger partial charge in [-0.2, -0.15) is 0 Å². The summed E-state index contributed by atoms with van der Waals surface area (Å²) in [6.07, 6.45) is 0.732. The number of carbonyl (C=O) groups is 2. The van der Waals surface area contributed by atoms with Gasteiger partial charge in [0.15, 0.2) is 0 Å². The van der Waals surface area contributed by atoms with E-state index in [9.17, 15) is 9.59 Å². The van der Waals surface area contributed by atoms with Gasteiger partial charge in [-0.15, -0.1) is 0 Å². The van der Waals surface area contributed by atoms with E-state index >= 15 is 0 Å². The Morgan fingerprint density at radius 3 is 2.52 bits per heavy atom. The van der Waals surface area contributed by atoms with Crippen molar-refractivity contribution in [3.05, 3.63) is 35.9 Å². The van der Waals surface area contributed by atoms with Crippen molar-refractivity contribution in [1.29, 1.82) is 0 Å². The van der Waals surface area contributed by atoms with Crippen molar-refractivity contribution in [3.63, 3.8) is 0 Å². The van der Waals surface area contributed by atoms with Gasteiger partial charge in [-0.3, -0.25) is 4.79 Å². The summed E-state index contributed by atoms with van der Waals surface area (Å²) in [4.78, 5) is 25.4. The van der Waals surface area contributed by atoms with Crippen molar-refractivity contribution in [2.24, 2.45) is 11.3 Å². The van der Waals surface area contributed by atoms with Gasteiger partial charge in [0.05, 0.1) is 0 Å². The highest BCUT2D eigenvalue weighted by molar-refractivity contribution is 5.92. The summed E-state index contributed by atoms with van der Waals surface area (Å²) in [5, 5.41) is 0. The third kappa shape index (κ3) is 4.06. The van der Waals surface area contributed by atoms with E-state index in [1.54, 1.807) is 0 Å². The minimum Gasteiger partial charge on any atom is -0.444 e. The molecule has 0 aliphatic carbocycles. The summed E-state index contributed by atoms with van der Waals surface area (Å²) in [6, 6.07) is 9.47. The number of amides is 2. The van der Waals surface area contributed by atoms with Gasteiger partial charge in [-0.1, -0.05) is 51.1 Å². The van der Waals surface area contributed by atoms with E-state index in [0.717, 1.165) is 12.0 Å². The van der Waals surface area contributed by atoms with Crippen LogP contribution in [0.4, 0.5) is 4.79 Å². The topological polar surface area (TPSA) is 46.6 Å². The fourth-order valence-corrected chi connectivity index (χ4v) is 2.56. The monoisotopic (exact) mass is 289 g/mol. The minimum atomic E-state index is -0.531. The maximum atomic E-state index is 12.1. The van der Waals surface area contributed by atoms with Crippen LogP contribution >= 0.6 is 0 Å². The van der Waals surface area contributed by atoms with Crippen LogP contribution in [0.5, 0.6) is 0 Å². The van der Waals surface area contributed by atoms with Crippen LogP contribution in [0.1, 0.15) is 39.2 Å². The Balaban J connectivity index is 1.88. The van der Waals surface area contributed by atoms with Crippen LogP contribution < -0.4 is 0 Å². The zero-order valence-electron chi connectivity index (χ0n) is 13.0. The van der Waals surface area contributed by atoms with Gasteiger partial charge in [-0.05, 0) is 23.3 Å². The van der Waals surface area contributed by atoms with Crippen molar-refractivity contribution >= 4 is 12.0 Å². The lowest BCUT2D eigenvalue weighted by Gasteiger charge is -2.36. The molecule has 1 aromatic carbocycles. The Morgan fingerprint density at radius 1 is 1.29 bits per heavy atom. The first-order valence-electron chi connectivity index (χ1n) is 7.39.